The number of nitrogens with zero attached hydrogens (tertiary/aromatic N) is 1. The molecular formula is C17H20Cl3N3O3S. The minimum Gasteiger partial charge on any atom is -0.372 e. The first-order valence-corrected chi connectivity index (χ1v) is 10.4. The van der Waals surface area contributed by atoms with Crippen LogP contribution < -0.4 is 10.0 Å². The lowest BCUT2D eigenvalue weighted by atomic mass is 9.95. The van der Waals surface area contributed by atoms with Crippen LogP contribution >= 0.6 is 35.6 Å². The van der Waals surface area contributed by atoms with Crippen molar-refractivity contribution in [3.63, 3.8) is 0 Å². The van der Waals surface area contributed by atoms with Crippen LogP contribution in [0.4, 0.5) is 0 Å². The molecule has 3 rings (SSSR count). The average molecular weight is 453 g/mol. The second-order valence-corrected chi connectivity index (χ2v) is 8.55. The molecule has 148 valence electrons. The van der Waals surface area contributed by atoms with Crippen LogP contribution in [-0.4, -0.2) is 39.6 Å². The van der Waals surface area contributed by atoms with Crippen molar-refractivity contribution in [3.8, 4) is 0 Å². The molecule has 0 radical (unpaired) electrons. The Labute approximate surface area is 175 Å². The zero-order valence-electron chi connectivity index (χ0n) is 14.3. The van der Waals surface area contributed by atoms with Crippen molar-refractivity contribution < 1.29 is 13.2 Å². The standard InChI is InChI=1S/C17H19Cl2N3O3S.ClH/c18-15-4-3-12(8-16(15)19)17-13(9-21-6-7-25-17)10-22-26(23,24)14-2-1-5-20-11-14;/h1-5,8,11,13,17,21-22H,6-7,9-10H2;1H/t13-,17-;/m0./s1. The fourth-order valence-electron chi connectivity index (χ4n) is 2.83. The average Bonchev–Trinajstić information content (AvgIpc) is 2.89. The van der Waals surface area contributed by atoms with Crippen molar-refractivity contribution in [3.05, 3.63) is 58.3 Å². The summed E-state index contributed by atoms with van der Waals surface area (Å²) in [5.74, 6) is -0.110. The van der Waals surface area contributed by atoms with E-state index in [2.05, 4.69) is 15.0 Å². The molecule has 2 atom stereocenters. The third kappa shape index (κ3) is 5.77. The number of aromatic nitrogens is 1. The molecule has 1 aromatic carbocycles. The summed E-state index contributed by atoms with van der Waals surface area (Å²) in [5.41, 5.74) is 0.869. The smallest absolute Gasteiger partial charge is 0.242 e. The van der Waals surface area contributed by atoms with Gasteiger partial charge in [-0.2, -0.15) is 0 Å². The van der Waals surface area contributed by atoms with Gasteiger partial charge in [0.15, 0.2) is 0 Å². The zero-order valence-corrected chi connectivity index (χ0v) is 17.4. The third-order valence-electron chi connectivity index (χ3n) is 4.16. The molecule has 2 N–H and O–H groups in total. The zero-order chi connectivity index (χ0) is 18.6. The van der Waals surface area contributed by atoms with Crippen molar-refractivity contribution >= 4 is 45.6 Å². The summed E-state index contributed by atoms with van der Waals surface area (Å²) in [7, 11) is -3.64. The number of ether oxygens (including phenoxy) is 1. The Kier molecular flexibility index (Phi) is 8.30. The molecule has 1 aliphatic rings. The van der Waals surface area contributed by atoms with Gasteiger partial charge in [-0.3, -0.25) is 4.98 Å². The highest BCUT2D eigenvalue weighted by Crippen LogP contribution is 2.32. The molecule has 0 unspecified atom stereocenters. The summed E-state index contributed by atoms with van der Waals surface area (Å²) in [6.07, 6.45) is 2.56. The van der Waals surface area contributed by atoms with Crippen molar-refractivity contribution in [2.75, 3.05) is 26.2 Å². The Morgan fingerprint density at radius 3 is 2.78 bits per heavy atom. The number of hydrogen-bond acceptors (Lipinski definition) is 5. The first-order chi connectivity index (χ1) is 12.5. The van der Waals surface area contributed by atoms with Gasteiger partial charge in [0.1, 0.15) is 4.90 Å². The first kappa shape index (κ1) is 22.4. The van der Waals surface area contributed by atoms with E-state index in [1.54, 1.807) is 18.2 Å². The first-order valence-electron chi connectivity index (χ1n) is 8.14. The van der Waals surface area contributed by atoms with Gasteiger partial charge in [-0.1, -0.05) is 29.3 Å². The van der Waals surface area contributed by atoms with Crippen LogP contribution in [0.15, 0.2) is 47.6 Å². The van der Waals surface area contributed by atoms with E-state index in [1.165, 1.54) is 18.5 Å². The predicted molar refractivity (Wildman–Crippen MR) is 108 cm³/mol. The van der Waals surface area contributed by atoms with Crippen molar-refractivity contribution in [1.82, 2.24) is 15.0 Å². The second kappa shape index (κ2) is 10.0. The maximum absolute atomic E-state index is 12.5. The molecule has 2 aromatic rings. The Hall–Kier alpha value is -0.930. The molecule has 10 heteroatoms. The Bertz CT molecular complexity index is 853. The topological polar surface area (TPSA) is 80.3 Å². The molecule has 1 saturated heterocycles. The number of benzene rings is 1. The van der Waals surface area contributed by atoms with E-state index in [9.17, 15) is 8.42 Å². The van der Waals surface area contributed by atoms with Gasteiger partial charge in [-0.05, 0) is 29.8 Å². The van der Waals surface area contributed by atoms with Crippen LogP contribution in [-0.2, 0) is 14.8 Å². The number of halogens is 3. The molecule has 6 nitrogen and oxygen atoms in total. The van der Waals surface area contributed by atoms with Crippen LogP contribution in [0.2, 0.25) is 10.0 Å². The van der Waals surface area contributed by atoms with Crippen LogP contribution in [0, 0.1) is 5.92 Å². The molecular weight excluding hydrogens is 433 g/mol. The Morgan fingerprint density at radius 2 is 2.07 bits per heavy atom. The van der Waals surface area contributed by atoms with Crippen LogP contribution in [0.1, 0.15) is 11.7 Å². The molecule has 0 saturated carbocycles. The summed E-state index contributed by atoms with van der Waals surface area (Å²) >= 11 is 12.1. The van der Waals surface area contributed by atoms with Crippen molar-refractivity contribution in [1.29, 1.82) is 0 Å². The van der Waals surface area contributed by atoms with Crippen LogP contribution in [0.5, 0.6) is 0 Å². The summed E-state index contributed by atoms with van der Waals surface area (Å²) in [6, 6.07) is 8.43. The van der Waals surface area contributed by atoms with E-state index < -0.39 is 10.0 Å². The van der Waals surface area contributed by atoms with E-state index in [0.29, 0.717) is 29.7 Å². The van der Waals surface area contributed by atoms with Gasteiger partial charge in [-0.15, -0.1) is 12.4 Å². The lowest BCUT2D eigenvalue weighted by Crippen LogP contribution is -2.36. The highest BCUT2D eigenvalue weighted by atomic mass is 35.5. The minimum atomic E-state index is -3.64. The predicted octanol–water partition coefficient (Wildman–Crippen LogP) is 3.07. The number of nitrogens with one attached hydrogen (secondary N) is 2. The monoisotopic (exact) mass is 451 g/mol. The molecule has 0 spiro atoms. The van der Waals surface area contributed by atoms with Crippen molar-refractivity contribution in [2.24, 2.45) is 5.92 Å². The molecule has 0 aliphatic carbocycles. The summed E-state index contributed by atoms with van der Waals surface area (Å²) in [6.45, 7) is 2.05. The summed E-state index contributed by atoms with van der Waals surface area (Å²) < 4.78 is 33.5. The largest absolute Gasteiger partial charge is 0.372 e. The van der Waals surface area contributed by atoms with E-state index >= 15 is 0 Å². The number of rotatable bonds is 5. The number of sulfonamides is 1. The lowest BCUT2D eigenvalue weighted by molar-refractivity contribution is 0.0322. The SMILES string of the molecule is Cl.O=S(=O)(NC[C@@H]1CNCCO[C@H]1c1ccc(Cl)c(Cl)c1)c1cccnc1. The van der Waals surface area contributed by atoms with Gasteiger partial charge in [0.05, 0.1) is 22.8 Å². The number of hydrogen-bond donors (Lipinski definition) is 2. The normalized spacial score (nSPS) is 20.5. The van der Waals surface area contributed by atoms with Gasteiger partial charge in [0, 0.05) is 37.9 Å². The second-order valence-electron chi connectivity index (χ2n) is 5.97. The minimum absolute atomic E-state index is 0. The van der Waals surface area contributed by atoms with E-state index in [-0.39, 0.29) is 35.9 Å². The molecule has 2 heterocycles. The number of pyridine rings is 1. The van der Waals surface area contributed by atoms with E-state index in [0.717, 1.165) is 5.56 Å². The molecule has 1 aromatic heterocycles. The van der Waals surface area contributed by atoms with Gasteiger partial charge in [0.2, 0.25) is 10.0 Å². The highest BCUT2D eigenvalue weighted by molar-refractivity contribution is 7.89. The van der Waals surface area contributed by atoms with Gasteiger partial charge in [-0.25, -0.2) is 13.1 Å². The summed E-state index contributed by atoms with van der Waals surface area (Å²) in [4.78, 5) is 3.99. The molecule has 0 amide bonds. The quantitative estimate of drug-likeness (QED) is 0.729. The highest BCUT2D eigenvalue weighted by Gasteiger charge is 2.28. The maximum atomic E-state index is 12.5. The molecule has 1 fully saturated rings. The van der Waals surface area contributed by atoms with Crippen LogP contribution in [0.25, 0.3) is 0 Å². The van der Waals surface area contributed by atoms with E-state index in [4.69, 9.17) is 27.9 Å². The van der Waals surface area contributed by atoms with Crippen molar-refractivity contribution in [2.45, 2.75) is 11.0 Å². The Morgan fingerprint density at radius 1 is 1.26 bits per heavy atom. The third-order valence-corrected chi connectivity index (χ3v) is 6.31. The van der Waals surface area contributed by atoms with E-state index in [1.807, 2.05) is 6.07 Å². The van der Waals surface area contributed by atoms with Gasteiger partial charge < -0.3 is 10.1 Å². The lowest BCUT2D eigenvalue weighted by Gasteiger charge is -2.25. The molecule has 27 heavy (non-hydrogen) atoms. The molecule has 0 bridgehead atoms. The molecule has 1 aliphatic heterocycles. The van der Waals surface area contributed by atoms with Crippen LogP contribution in [0.3, 0.4) is 0 Å². The van der Waals surface area contributed by atoms with Gasteiger partial charge >= 0.3 is 0 Å². The fraction of sp³-hybridized carbons (Fsp3) is 0.353. The summed E-state index contributed by atoms with van der Waals surface area (Å²) in [5, 5.41) is 4.18. The van der Waals surface area contributed by atoms with Gasteiger partial charge in [0.25, 0.3) is 0 Å². The Balaban J connectivity index is 0.00000261. The maximum Gasteiger partial charge on any atom is 0.242 e. The fourth-order valence-corrected chi connectivity index (χ4v) is 4.20.